The zero-order valence-electron chi connectivity index (χ0n) is 19.3. The third-order valence-corrected chi connectivity index (χ3v) is 7.79. The fourth-order valence-electron chi connectivity index (χ4n) is 5.45. The number of fused-ring (bicyclic) bond motifs is 1. The summed E-state index contributed by atoms with van der Waals surface area (Å²) in [6.07, 6.45) is 0.442. The molecule has 4 aliphatic rings. The Kier molecular flexibility index (Phi) is 5.55. The molecule has 2 amide bonds. The zero-order valence-corrected chi connectivity index (χ0v) is 19.3. The number of nitrogens with zero attached hydrogens (tertiary/aromatic N) is 2. The first kappa shape index (κ1) is 23.4. The minimum Gasteiger partial charge on any atom is -0.381 e. The second-order valence-electron chi connectivity index (χ2n) is 10.3. The summed E-state index contributed by atoms with van der Waals surface area (Å²) in [5.74, 6) is -1.38. The van der Waals surface area contributed by atoms with E-state index in [0.29, 0.717) is 24.1 Å². The summed E-state index contributed by atoms with van der Waals surface area (Å²) >= 11 is 0. The molecule has 0 spiro atoms. The van der Waals surface area contributed by atoms with E-state index in [-0.39, 0.29) is 42.6 Å². The van der Waals surface area contributed by atoms with Crippen LogP contribution in [0.3, 0.4) is 0 Å². The maximum absolute atomic E-state index is 14.8. The molecule has 2 aliphatic carbocycles. The van der Waals surface area contributed by atoms with Crippen molar-refractivity contribution in [2.75, 3.05) is 13.2 Å². The molecule has 0 bridgehead atoms. The molecule has 10 heteroatoms. The van der Waals surface area contributed by atoms with E-state index >= 15 is 0 Å². The van der Waals surface area contributed by atoms with E-state index < -0.39 is 35.5 Å². The van der Waals surface area contributed by atoms with E-state index in [0.717, 1.165) is 37.0 Å². The van der Waals surface area contributed by atoms with Gasteiger partial charge in [0.05, 0.1) is 24.8 Å². The predicted octanol–water partition coefficient (Wildman–Crippen LogP) is 4.22. The average Bonchev–Trinajstić information content (AvgIpc) is 3.74. The standard InChI is InChI=1S/C26H25F4N3O3/c27-19-10-17(26(28,29)30)3-4-18(19)23(16-11-36-12-16)32-24(34)22-9-15-8-21(15)33(22)25(35)20-7-14(5-6-31-20)13-1-2-13/h3-7,10,13,15-16,21-23H,1-2,8-9,11-12H2,(H,32,34)/t15-,21-,22-,23?/m1/s1. The van der Waals surface area contributed by atoms with Crippen molar-refractivity contribution in [3.8, 4) is 0 Å². The zero-order chi connectivity index (χ0) is 25.2. The van der Waals surface area contributed by atoms with Gasteiger partial charge in [0.1, 0.15) is 17.6 Å². The van der Waals surface area contributed by atoms with Crippen molar-refractivity contribution in [1.29, 1.82) is 0 Å². The van der Waals surface area contributed by atoms with Gasteiger partial charge in [0.15, 0.2) is 0 Å². The normalized spacial score (nSPS) is 26.2. The summed E-state index contributed by atoms with van der Waals surface area (Å²) in [6, 6.07) is 4.41. The predicted molar refractivity (Wildman–Crippen MR) is 119 cm³/mol. The van der Waals surface area contributed by atoms with Crippen LogP contribution in [-0.2, 0) is 15.7 Å². The second kappa shape index (κ2) is 8.54. The molecule has 1 N–H and O–H groups in total. The van der Waals surface area contributed by atoms with Gasteiger partial charge >= 0.3 is 6.18 Å². The van der Waals surface area contributed by atoms with Crippen molar-refractivity contribution in [3.63, 3.8) is 0 Å². The van der Waals surface area contributed by atoms with Crippen molar-refractivity contribution in [1.82, 2.24) is 15.2 Å². The molecule has 6 nitrogen and oxygen atoms in total. The number of aromatic nitrogens is 1. The summed E-state index contributed by atoms with van der Waals surface area (Å²) in [5.41, 5.74) is 0.267. The molecule has 1 aromatic heterocycles. The summed E-state index contributed by atoms with van der Waals surface area (Å²) in [5, 5.41) is 2.84. The molecule has 3 heterocycles. The van der Waals surface area contributed by atoms with Gasteiger partial charge in [0, 0.05) is 23.7 Å². The lowest BCUT2D eigenvalue weighted by atomic mass is 9.90. The number of alkyl halides is 3. The fourth-order valence-corrected chi connectivity index (χ4v) is 5.45. The first-order chi connectivity index (χ1) is 17.2. The van der Waals surface area contributed by atoms with E-state index in [1.165, 1.54) is 0 Å². The maximum atomic E-state index is 14.8. The number of benzene rings is 1. The average molecular weight is 503 g/mol. The van der Waals surface area contributed by atoms with Gasteiger partial charge < -0.3 is 15.0 Å². The van der Waals surface area contributed by atoms with E-state index in [1.807, 2.05) is 6.07 Å². The molecule has 2 aromatic rings. The number of pyridine rings is 1. The van der Waals surface area contributed by atoms with Crippen LogP contribution in [0.5, 0.6) is 0 Å². The van der Waals surface area contributed by atoms with Crippen LogP contribution in [0.25, 0.3) is 0 Å². The van der Waals surface area contributed by atoms with Crippen LogP contribution in [0.15, 0.2) is 36.5 Å². The number of hydrogen-bond donors (Lipinski definition) is 1. The minimum atomic E-state index is -4.67. The van der Waals surface area contributed by atoms with E-state index in [9.17, 15) is 27.2 Å². The number of rotatable bonds is 6. The lowest BCUT2D eigenvalue weighted by Gasteiger charge is -2.36. The highest BCUT2D eigenvalue weighted by Gasteiger charge is 2.56. The molecule has 1 aromatic carbocycles. The van der Waals surface area contributed by atoms with Crippen LogP contribution >= 0.6 is 0 Å². The number of ether oxygens (including phenoxy) is 1. The Balaban J connectivity index is 1.23. The molecule has 4 atom stereocenters. The highest BCUT2D eigenvalue weighted by Crippen LogP contribution is 2.49. The van der Waals surface area contributed by atoms with Gasteiger partial charge in [-0.15, -0.1) is 0 Å². The summed E-state index contributed by atoms with van der Waals surface area (Å²) < 4.78 is 59.1. The Morgan fingerprint density at radius 1 is 1.11 bits per heavy atom. The molecule has 2 saturated heterocycles. The van der Waals surface area contributed by atoms with Crippen LogP contribution < -0.4 is 5.32 Å². The molecule has 190 valence electrons. The van der Waals surface area contributed by atoms with Crippen molar-refractivity contribution in [2.24, 2.45) is 11.8 Å². The number of carbonyl (C=O) groups is 2. The molecular formula is C26H25F4N3O3. The highest BCUT2D eigenvalue weighted by molar-refractivity contribution is 5.97. The molecular weight excluding hydrogens is 478 g/mol. The number of hydrogen-bond acceptors (Lipinski definition) is 4. The Morgan fingerprint density at radius 2 is 1.89 bits per heavy atom. The number of nitrogens with one attached hydrogen (secondary N) is 1. The van der Waals surface area contributed by atoms with Crippen molar-refractivity contribution in [3.05, 3.63) is 64.7 Å². The SMILES string of the molecule is O=C(NC(c1ccc(C(F)(F)F)cc1F)C1COC1)[C@H]1C[C@H]2C[C@H]2N1C(=O)c1cc(C2CC2)ccn1. The monoisotopic (exact) mass is 503 g/mol. The van der Waals surface area contributed by atoms with Crippen LogP contribution in [0.1, 0.15) is 64.8 Å². The van der Waals surface area contributed by atoms with Crippen molar-refractivity contribution < 1.29 is 31.9 Å². The van der Waals surface area contributed by atoms with Crippen LogP contribution in [0.2, 0.25) is 0 Å². The molecule has 6 rings (SSSR count). The second-order valence-corrected chi connectivity index (χ2v) is 10.3. The molecule has 0 radical (unpaired) electrons. The summed E-state index contributed by atoms with van der Waals surface area (Å²) in [4.78, 5) is 32.7. The summed E-state index contributed by atoms with van der Waals surface area (Å²) in [6.45, 7) is 0.504. The van der Waals surface area contributed by atoms with Gasteiger partial charge in [-0.1, -0.05) is 6.07 Å². The first-order valence-electron chi connectivity index (χ1n) is 12.2. The maximum Gasteiger partial charge on any atom is 0.416 e. The number of halogens is 4. The van der Waals surface area contributed by atoms with Crippen LogP contribution in [-0.4, -0.2) is 47.0 Å². The quantitative estimate of drug-likeness (QED) is 0.600. The molecule has 2 aliphatic heterocycles. The molecule has 2 saturated carbocycles. The number of carbonyl (C=O) groups excluding carboxylic acids is 2. The highest BCUT2D eigenvalue weighted by atomic mass is 19.4. The fraction of sp³-hybridized carbons (Fsp3) is 0.500. The van der Waals surface area contributed by atoms with Gasteiger partial charge in [-0.25, -0.2) is 4.39 Å². The minimum absolute atomic E-state index is 0.0236. The number of piperidine rings is 1. The number of amides is 2. The van der Waals surface area contributed by atoms with E-state index in [4.69, 9.17) is 4.74 Å². The third-order valence-electron chi connectivity index (χ3n) is 7.79. The van der Waals surface area contributed by atoms with Crippen LogP contribution in [0.4, 0.5) is 17.6 Å². The Labute approximate surface area is 205 Å². The van der Waals surface area contributed by atoms with E-state index in [2.05, 4.69) is 10.3 Å². The Morgan fingerprint density at radius 3 is 2.53 bits per heavy atom. The molecule has 36 heavy (non-hydrogen) atoms. The van der Waals surface area contributed by atoms with Gasteiger partial charge in [-0.05, 0) is 67.3 Å². The van der Waals surface area contributed by atoms with Gasteiger partial charge in [-0.3, -0.25) is 14.6 Å². The topological polar surface area (TPSA) is 71.5 Å². The van der Waals surface area contributed by atoms with Crippen LogP contribution in [0, 0.1) is 17.7 Å². The lowest BCUT2D eigenvalue weighted by molar-refractivity contribution is -0.138. The number of likely N-dealkylation sites (tertiary alicyclic amines) is 1. The van der Waals surface area contributed by atoms with Crippen molar-refractivity contribution in [2.45, 2.75) is 55.9 Å². The van der Waals surface area contributed by atoms with Crippen molar-refractivity contribution >= 4 is 11.8 Å². The Bertz CT molecular complexity index is 1210. The van der Waals surface area contributed by atoms with Gasteiger partial charge in [0.25, 0.3) is 5.91 Å². The first-order valence-corrected chi connectivity index (χ1v) is 12.2. The smallest absolute Gasteiger partial charge is 0.381 e. The summed E-state index contributed by atoms with van der Waals surface area (Å²) in [7, 11) is 0. The van der Waals surface area contributed by atoms with Gasteiger partial charge in [0.2, 0.25) is 5.91 Å². The van der Waals surface area contributed by atoms with Gasteiger partial charge in [-0.2, -0.15) is 13.2 Å². The third kappa shape index (κ3) is 4.25. The van der Waals surface area contributed by atoms with E-state index in [1.54, 1.807) is 17.2 Å². The largest absolute Gasteiger partial charge is 0.416 e. The Hall–Kier alpha value is -3.01. The molecule has 4 fully saturated rings. The lowest BCUT2D eigenvalue weighted by Crippen LogP contribution is -2.51. The molecule has 1 unspecified atom stereocenters.